The van der Waals surface area contributed by atoms with Crippen LogP contribution in [-0.4, -0.2) is 34.4 Å². The van der Waals surface area contributed by atoms with Crippen molar-refractivity contribution in [1.82, 2.24) is 20.6 Å². The summed E-state index contributed by atoms with van der Waals surface area (Å²) in [5.74, 6) is 0.326. The molecule has 1 saturated carbocycles. The highest BCUT2D eigenvalue weighted by Gasteiger charge is 2.24. The van der Waals surface area contributed by atoms with E-state index in [4.69, 9.17) is 0 Å². The van der Waals surface area contributed by atoms with E-state index in [-0.39, 0.29) is 18.4 Å². The SMILES string of the molecule is Cc1nc(C)c2c(C)c(C(=O)NCC(=O)NC3CC3)sc2n1. The number of fused-ring (bicyclic) bond motifs is 1. The Bertz CT molecular complexity index is 764. The first kappa shape index (κ1) is 14.9. The van der Waals surface area contributed by atoms with Crippen LogP contribution in [0.2, 0.25) is 0 Å². The Hall–Kier alpha value is -2.02. The molecule has 3 rings (SSSR count). The fourth-order valence-electron chi connectivity index (χ4n) is 2.44. The van der Waals surface area contributed by atoms with Gasteiger partial charge in [-0.25, -0.2) is 9.97 Å². The lowest BCUT2D eigenvalue weighted by atomic mass is 10.1. The lowest BCUT2D eigenvalue weighted by molar-refractivity contribution is -0.120. The number of nitrogens with one attached hydrogen (secondary N) is 2. The Labute approximate surface area is 132 Å². The highest BCUT2D eigenvalue weighted by Crippen LogP contribution is 2.31. The molecule has 2 amide bonds. The van der Waals surface area contributed by atoms with Crippen molar-refractivity contribution < 1.29 is 9.59 Å². The Kier molecular flexibility index (Phi) is 3.82. The molecular formula is C15H18N4O2S. The maximum Gasteiger partial charge on any atom is 0.262 e. The molecule has 2 aromatic rings. The maximum absolute atomic E-state index is 12.3. The van der Waals surface area contributed by atoms with E-state index in [1.54, 1.807) is 0 Å². The summed E-state index contributed by atoms with van der Waals surface area (Å²) in [7, 11) is 0. The minimum Gasteiger partial charge on any atom is -0.352 e. The first-order valence-electron chi connectivity index (χ1n) is 7.27. The molecule has 0 aliphatic heterocycles. The molecule has 0 bridgehead atoms. The van der Waals surface area contributed by atoms with Crippen molar-refractivity contribution in [3.63, 3.8) is 0 Å². The molecule has 0 spiro atoms. The lowest BCUT2D eigenvalue weighted by Gasteiger charge is -2.05. The van der Waals surface area contributed by atoms with Crippen LogP contribution in [0.3, 0.4) is 0 Å². The topological polar surface area (TPSA) is 84.0 Å². The van der Waals surface area contributed by atoms with Gasteiger partial charge in [-0.1, -0.05) is 0 Å². The largest absolute Gasteiger partial charge is 0.352 e. The number of carbonyl (C=O) groups is 2. The van der Waals surface area contributed by atoms with Crippen LogP contribution in [0.1, 0.15) is 39.6 Å². The Morgan fingerprint density at radius 3 is 2.64 bits per heavy atom. The van der Waals surface area contributed by atoms with Gasteiger partial charge >= 0.3 is 0 Å². The third-order valence-electron chi connectivity index (χ3n) is 3.64. The normalized spacial score (nSPS) is 14.1. The highest BCUT2D eigenvalue weighted by molar-refractivity contribution is 7.20. The second-order valence-electron chi connectivity index (χ2n) is 5.62. The molecule has 0 radical (unpaired) electrons. The maximum atomic E-state index is 12.3. The number of amides is 2. The number of hydrogen-bond donors (Lipinski definition) is 2. The number of rotatable bonds is 4. The summed E-state index contributed by atoms with van der Waals surface area (Å²) < 4.78 is 0. The second kappa shape index (κ2) is 5.64. The molecule has 6 nitrogen and oxygen atoms in total. The Morgan fingerprint density at radius 1 is 1.23 bits per heavy atom. The van der Waals surface area contributed by atoms with E-state index in [1.165, 1.54) is 11.3 Å². The fourth-order valence-corrected chi connectivity index (χ4v) is 3.63. The average molecular weight is 318 g/mol. The van der Waals surface area contributed by atoms with E-state index in [2.05, 4.69) is 20.6 Å². The standard InChI is InChI=1S/C15H18N4O2S/c1-7-12-8(2)17-9(3)18-15(12)22-13(7)14(21)16-6-11(20)19-10-4-5-10/h10H,4-6H2,1-3H3,(H,16,21)(H,19,20). The quantitative estimate of drug-likeness (QED) is 0.897. The number of carbonyl (C=O) groups excluding carboxylic acids is 2. The monoisotopic (exact) mass is 318 g/mol. The lowest BCUT2D eigenvalue weighted by Crippen LogP contribution is -2.37. The van der Waals surface area contributed by atoms with Gasteiger partial charge < -0.3 is 10.6 Å². The molecule has 1 fully saturated rings. The first-order chi connectivity index (χ1) is 10.5. The van der Waals surface area contributed by atoms with Crippen LogP contribution in [-0.2, 0) is 4.79 Å². The summed E-state index contributed by atoms with van der Waals surface area (Å²) in [5, 5.41) is 6.46. The molecule has 2 heterocycles. The van der Waals surface area contributed by atoms with Crippen molar-refractivity contribution in [2.45, 2.75) is 39.7 Å². The smallest absolute Gasteiger partial charge is 0.262 e. The van der Waals surface area contributed by atoms with Crippen LogP contribution in [0.15, 0.2) is 0 Å². The van der Waals surface area contributed by atoms with E-state index in [0.29, 0.717) is 16.7 Å². The van der Waals surface area contributed by atoms with E-state index >= 15 is 0 Å². The molecule has 1 aliphatic rings. The molecule has 0 unspecified atom stereocenters. The molecule has 2 N–H and O–H groups in total. The van der Waals surface area contributed by atoms with Gasteiger partial charge in [-0.05, 0) is 39.2 Å². The number of aryl methyl sites for hydroxylation is 3. The van der Waals surface area contributed by atoms with Crippen molar-refractivity contribution in [2.24, 2.45) is 0 Å². The van der Waals surface area contributed by atoms with E-state index in [1.807, 2.05) is 20.8 Å². The summed E-state index contributed by atoms with van der Waals surface area (Å²) in [5.41, 5.74) is 1.75. The van der Waals surface area contributed by atoms with Crippen LogP contribution in [0, 0.1) is 20.8 Å². The molecule has 7 heteroatoms. The summed E-state index contributed by atoms with van der Waals surface area (Å²) in [6.45, 7) is 5.65. The molecular weight excluding hydrogens is 300 g/mol. The van der Waals surface area contributed by atoms with Crippen LogP contribution < -0.4 is 10.6 Å². The van der Waals surface area contributed by atoms with Crippen molar-refractivity contribution >= 4 is 33.4 Å². The molecule has 0 atom stereocenters. The van der Waals surface area contributed by atoms with Crippen LogP contribution >= 0.6 is 11.3 Å². The van der Waals surface area contributed by atoms with Gasteiger partial charge in [0.1, 0.15) is 10.7 Å². The van der Waals surface area contributed by atoms with Crippen LogP contribution in [0.5, 0.6) is 0 Å². The van der Waals surface area contributed by atoms with Gasteiger partial charge in [-0.3, -0.25) is 9.59 Å². The predicted octanol–water partition coefficient (Wildman–Crippen LogP) is 1.62. The zero-order valence-electron chi connectivity index (χ0n) is 12.8. The van der Waals surface area contributed by atoms with E-state index in [0.717, 1.165) is 34.3 Å². The minimum atomic E-state index is -0.233. The van der Waals surface area contributed by atoms with Gasteiger partial charge in [0, 0.05) is 17.1 Å². The van der Waals surface area contributed by atoms with E-state index in [9.17, 15) is 9.59 Å². The van der Waals surface area contributed by atoms with Crippen molar-refractivity contribution in [2.75, 3.05) is 6.54 Å². The Balaban J connectivity index is 1.77. The van der Waals surface area contributed by atoms with Crippen LogP contribution in [0.25, 0.3) is 10.2 Å². The average Bonchev–Trinajstić information content (AvgIpc) is 3.18. The van der Waals surface area contributed by atoms with Gasteiger partial charge in [0.2, 0.25) is 5.91 Å². The minimum absolute atomic E-state index is 0.00665. The third-order valence-corrected chi connectivity index (χ3v) is 4.83. The van der Waals surface area contributed by atoms with Crippen LogP contribution in [0.4, 0.5) is 0 Å². The summed E-state index contributed by atoms with van der Waals surface area (Å²) in [6, 6.07) is 0.302. The van der Waals surface area contributed by atoms with Crippen molar-refractivity contribution in [1.29, 1.82) is 0 Å². The summed E-state index contributed by atoms with van der Waals surface area (Å²) in [6.07, 6.45) is 2.07. The molecule has 0 aromatic carbocycles. The van der Waals surface area contributed by atoms with Gasteiger partial charge in [0.05, 0.1) is 11.4 Å². The number of aromatic nitrogens is 2. The fraction of sp³-hybridized carbons (Fsp3) is 0.467. The van der Waals surface area contributed by atoms with Gasteiger partial charge in [-0.2, -0.15) is 0 Å². The van der Waals surface area contributed by atoms with Gasteiger partial charge in [0.15, 0.2) is 0 Å². The van der Waals surface area contributed by atoms with Gasteiger partial charge in [0.25, 0.3) is 5.91 Å². The second-order valence-corrected chi connectivity index (χ2v) is 6.62. The molecule has 116 valence electrons. The Morgan fingerprint density at radius 2 is 1.95 bits per heavy atom. The predicted molar refractivity (Wildman–Crippen MR) is 85.1 cm³/mol. The zero-order valence-corrected chi connectivity index (χ0v) is 13.6. The highest BCUT2D eigenvalue weighted by atomic mass is 32.1. The summed E-state index contributed by atoms with van der Waals surface area (Å²) in [4.78, 5) is 34.1. The third kappa shape index (κ3) is 2.94. The number of nitrogens with zero attached hydrogens (tertiary/aromatic N) is 2. The summed E-state index contributed by atoms with van der Waals surface area (Å²) >= 11 is 1.34. The number of thiophene rings is 1. The van der Waals surface area contributed by atoms with E-state index < -0.39 is 0 Å². The van der Waals surface area contributed by atoms with Crippen molar-refractivity contribution in [3.8, 4) is 0 Å². The number of hydrogen-bond acceptors (Lipinski definition) is 5. The molecule has 0 saturated heterocycles. The molecule has 1 aliphatic carbocycles. The van der Waals surface area contributed by atoms with Gasteiger partial charge in [-0.15, -0.1) is 11.3 Å². The molecule has 2 aromatic heterocycles. The first-order valence-corrected chi connectivity index (χ1v) is 8.09. The zero-order chi connectivity index (χ0) is 15.9. The molecule has 22 heavy (non-hydrogen) atoms. The van der Waals surface area contributed by atoms with Crippen molar-refractivity contribution in [3.05, 3.63) is 22.0 Å².